The number of hydrogen-bond donors (Lipinski definition) is 0. The van der Waals surface area contributed by atoms with E-state index in [0.29, 0.717) is 25.8 Å². The van der Waals surface area contributed by atoms with Crippen LogP contribution in [0.3, 0.4) is 0 Å². The van der Waals surface area contributed by atoms with Crippen molar-refractivity contribution in [3.05, 3.63) is 0 Å². The average molecular weight is 120 g/mol. The van der Waals surface area contributed by atoms with Crippen molar-refractivity contribution in [2.24, 2.45) is 0 Å². The highest BCUT2D eigenvalue weighted by atomic mass is 19.1. The molecule has 1 nitrogen and oxygen atoms in total. The number of rotatable bonds is 2. The highest BCUT2D eigenvalue weighted by Gasteiger charge is 1.86. The Morgan fingerprint density at radius 1 is 1.25 bits per heavy atom. The van der Waals surface area contributed by atoms with Crippen molar-refractivity contribution < 1.29 is 9.18 Å². The van der Waals surface area contributed by atoms with Crippen molar-refractivity contribution >= 4 is 5.78 Å². The van der Waals surface area contributed by atoms with Gasteiger partial charge in [0.05, 0.1) is 7.18 Å². The summed E-state index contributed by atoms with van der Waals surface area (Å²) in [5.74, 6) is 0.343. The lowest BCUT2D eigenvalue weighted by Crippen LogP contribution is -1.88. The molecule has 0 fully saturated rings. The standard InChI is InChI=1S/C5H10O.CH3F/c1-3-5(6)4-2;1-2/h3-4H2,1-2H3;1H3. The number of Topliss-reactive ketones (excluding diaryl/α,β-unsaturated/α-hetero) is 1. The van der Waals surface area contributed by atoms with Crippen LogP contribution >= 0.6 is 0 Å². The van der Waals surface area contributed by atoms with Crippen molar-refractivity contribution in [2.75, 3.05) is 7.18 Å². The number of carbonyl (C=O) groups excluding carboxylic acids is 1. The highest BCUT2D eigenvalue weighted by Crippen LogP contribution is 1.82. The van der Waals surface area contributed by atoms with Crippen molar-refractivity contribution in [1.82, 2.24) is 0 Å². The summed E-state index contributed by atoms with van der Waals surface area (Å²) in [7, 11) is 0.500. The molecule has 0 unspecified atom stereocenters. The molecule has 0 atom stereocenters. The first-order valence-electron chi connectivity index (χ1n) is 2.70. The Balaban J connectivity index is 0. The predicted octanol–water partition coefficient (Wildman–Crippen LogP) is 1.96. The summed E-state index contributed by atoms with van der Waals surface area (Å²) in [4.78, 5) is 10.2. The molecule has 8 heavy (non-hydrogen) atoms. The molecular weight excluding hydrogens is 107 g/mol. The van der Waals surface area contributed by atoms with Gasteiger partial charge in [-0.25, -0.2) is 0 Å². The van der Waals surface area contributed by atoms with E-state index < -0.39 is 0 Å². The first-order chi connectivity index (χ1) is 3.81. The monoisotopic (exact) mass is 120 g/mol. The van der Waals surface area contributed by atoms with E-state index >= 15 is 0 Å². The minimum absolute atomic E-state index is 0.343. The highest BCUT2D eigenvalue weighted by molar-refractivity contribution is 5.77. The normalized spacial score (nSPS) is 7.00. The smallest absolute Gasteiger partial charge is 0.132 e. The van der Waals surface area contributed by atoms with Gasteiger partial charge in [0.2, 0.25) is 0 Å². The summed E-state index contributed by atoms with van der Waals surface area (Å²) in [6.45, 7) is 3.76. The van der Waals surface area contributed by atoms with Gasteiger partial charge >= 0.3 is 0 Å². The van der Waals surface area contributed by atoms with E-state index in [0.717, 1.165) is 0 Å². The first kappa shape index (κ1) is 10.6. The van der Waals surface area contributed by atoms with Gasteiger partial charge in [0.1, 0.15) is 5.78 Å². The van der Waals surface area contributed by atoms with Crippen LogP contribution in [0.25, 0.3) is 0 Å². The molecule has 0 aliphatic rings. The molecule has 0 aromatic carbocycles. The molecule has 0 heterocycles. The Labute approximate surface area is 49.9 Å². The van der Waals surface area contributed by atoms with E-state index in [9.17, 15) is 9.18 Å². The molecule has 0 N–H and O–H groups in total. The molecule has 0 aromatic rings. The third kappa shape index (κ3) is 9.14. The fraction of sp³-hybridized carbons (Fsp3) is 0.833. The second-order valence-electron chi connectivity index (χ2n) is 1.25. The third-order valence-electron chi connectivity index (χ3n) is 0.789. The third-order valence-corrected chi connectivity index (χ3v) is 0.789. The van der Waals surface area contributed by atoms with Gasteiger partial charge < -0.3 is 0 Å². The van der Waals surface area contributed by atoms with Crippen LogP contribution in [-0.4, -0.2) is 13.0 Å². The molecule has 0 spiro atoms. The SMILES string of the molecule is CCC(=O)CC.CF. The number of hydrogen-bond acceptors (Lipinski definition) is 1. The average Bonchev–Trinajstić information content (AvgIpc) is 1.91. The molecule has 50 valence electrons. The quantitative estimate of drug-likeness (QED) is 0.544. The lowest BCUT2D eigenvalue weighted by molar-refractivity contribution is -0.118. The van der Waals surface area contributed by atoms with Crippen LogP contribution in [0.5, 0.6) is 0 Å². The van der Waals surface area contributed by atoms with Crippen LogP contribution < -0.4 is 0 Å². The summed E-state index contributed by atoms with van der Waals surface area (Å²) >= 11 is 0. The van der Waals surface area contributed by atoms with E-state index in [2.05, 4.69) is 0 Å². The van der Waals surface area contributed by atoms with Crippen LogP contribution in [0, 0.1) is 0 Å². The Kier molecular flexibility index (Phi) is 12.9. The van der Waals surface area contributed by atoms with Crippen LogP contribution in [-0.2, 0) is 4.79 Å². The fourth-order valence-electron chi connectivity index (χ4n) is 0.250. The molecule has 0 radical (unpaired) electrons. The second-order valence-corrected chi connectivity index (χ2v) is 1.25. The summed E-state index contributed by atoms with van der Waals surface area (Å²) in [6, 6.07) is 0. The first-order valence-corrected chi connectivity index (χ1v) is 2.70. The van der Waals surface area contributed by atoms with Gasteiger partial charge in [-0.3, -0.25) is 9.18 Å². The van der Waals surface area contributed by atoms with E-state index in [1.54, 1.807) is 0 Å². The Morgan fingerprint density at radius 3 is 1.50 bits per heavy atom. The lowest BCUT2D eigenvalue weighted by Gasteiger charge is -1.81. The molecule has 2 heteroatoms. The molecule has 0 bridgehead atoms. The van der Waals surface area contributed by atoms with Crippen LogP contribution in [0.2, 0.25) is 0 Å². The van der Waals surface area contributed by atoms with Crippen molar-refractivity contribution in [3.63, 3.8) is 0 Å². The van der Waals surface area contributed by atoms with Crippen molar-refractivity contribution in [2.45, 2.75) is 26.7 Å². The minimum atomic E-state index is 0.343. The van der Waals surface area contributed by atoms with Gasteiger partial charge in [-0.2, -0.15) is 0 Å². The van der Waals surface area contributed by atoms with Crippen LogP contribution in [0.1, 0.15) is 26.7 Å². The molecule has 0 aliphatic carbocycles. The number of halogens is 1. The summed E-state index contributed by atoms with van der Waals surface area (Å²) in [5, 5.41) is 0. The number of carbonyl (C=O) groups is 1. The Morgan fingerprint density at radius 2 is 1.50 bits per heavy atom. The maximum atomic E-state index is 10.2. The molecule has 0 aliphatic heterocycles. The van der Waals surface area contributed by atoms with Crippen molar-refractivity contribution in [1.29, 1.82) is 0 Å². The Hall–Kier alpha value is -0.400. The molecule has 0 amide bonds. The zero-order valence-electron chi connectivity index (χ0n) is 5.70. The maximum Gasteiger partial charge on any atom is 0.132 e. The zero-order chi connectivity index (χ0) is 6.99. The topological polar surface area (TPSA) is 17.1 Å². The van der Waals surface area contributed by atoms with Gasteiger partial charge in [-0.05, 0) is 0 Å². The van der Waals surface area contributed by atoms with E-state index in [-0.39, 0.29) is 0 Å². The maximum absolute atomic E-state index is 10.2. The Bertz CT molecular complexity index is 46.5. The van der Waals surface area contributed by atoms with E-state index in [1.165, 1.54) is 0 Å². The van der Waals surface area contributed by atoms with Gasteiger partial charge in [-0.1, -0.05) is 13.8 Å². The minimum Gasteiger partial charge on any atom is -0.300 e. The summed E-state index contributed by atoms with van der Waals surface area (Å²) < 4.78 is 9.50. The van der Waals surface area contributed by atoms with Crippen molar-refractivity contribution in [3.8, 4) is 0 Å². The van der Waals surface area contributed by atoms with Crippen LogP contribution in [0.15, 0.2) is 0 Å². The second kappa shape index (κ2) is 9.78. The number of ketones is 1. The lowest BCUT2D eigenvalue weighted by atomic mass is 10.3. The van der Waals surface area contributed by atoms with Gasteiger partial charge in [0.25, 0.3) is 0 Å². The summed E-state index contributed by atoms with van der Waals surface area (Å²) in [6.07, 6.45) is 1.38. The molecule has 0 saturated heterocycles. The fourth-order valence-corrected chi connectivity index (χ4v) is 0.250. The molecule has 0 saturated carbocycles. The number of alkyl halides is 1. The van der Waals surface area contributed by atoms with Gasteiger partial charge in [0.15, 0.2) is 0 Å². The largest absolute Gasteiger partial charge is 0.300 e. The molecular formula is C6H13FO. The molecule has 0 rings (SSSR count). The van der Waals surface area contributed by atoms with E-state index in [4.69, 9.17) is 0 Å². The van der Waals surface area contributed by atoms with Gasteiger partial charge in [0, 0.05) is 12.8 Å². The molecule has 0 aromatic heterocycles. The zero-order valence-corrected chi connectivity index (χ0v) is 5.70. The van der Waals surface area contributed by atoms with E-state index in [1.807, 2.05) is 13.8 Å². The van der Waals surface area contributed by atoms with Crippen LogP contribution in [0.4, 0.5) is 4.39 Å². The summed E-state index contributed by atoms with van der Waals surface area (Å²) in [5.41, 5.74) is 0. The predicted molar refractivity (Wildman–Crippen MR) is 32.6 cm³/mol. The van der Waals surface area contributed by atoms with Gasteiger partial charge in [-0.15, -0.1) is 0 Å².